The Morgan fingerprint density at radius 1 is 0.424 bits per heavy atom. The van der Waals surface area contributed by atoms with Crippen LogP contribution in [0.25, 0.3) is 22.3 Å². The number of benzene rings is 4. The van der Waals surface area contributed by atoms with Crippen molar-refractivity contribution in [2.24, 2.45) is 0 Å². The lowest BCUT2D eigenvalue weighted by molar-refractivity contribution is 0.583. The van der Waals surface area contributed by atoms with Crippen molar-refractivity contribution >= 4 is 0 Å². The molecule has 4 aromatic carbocycles. The topological polar surface area (TPSA) is 0 Å². The van der Waals surface area contributed by atoms with E-state index in [-0.39, 0.29) is 0 Å². The Balaban J connectivity index is 1.38. The zero-order valence-electron chi connectivity index (χ0n) is 17.3. The molecule has 0 aliphatic carbocycles. The van der Waals surface area contributed by atoms with Gasteiger partial charge in [0.05, 0.1) is 6.42 Å². The minimum absolute atomic E-state index is 0.355. The van der Waals surface area contributed by atoms with E-state index >= 15 is 0 Å². The molecule has 33 heavy (non-hydrogen) atoms. The molecule has 160 valence electrons. The highest BCUT2D eigenvalue weighted by molar-refractivity contribution is 5.65. The smallest absolute Gasteiger partial charge is 0.126 e. The predicted octanol–water partition coefficient (Wildman–Crippen LogP) is 7.37. The van der Waals surface area contributed by atoms with Crippen LogP contribution in [0.2, 0.25) is 0 Å². The van der Waals surface area contributed by atoms with Crippen LogP contribution in [0, 0.1) is 47.0 Å². The van der Waals surface area contributed by atoms with Gasteiger partial charge in [0.15, 0.2) is 0 Å². The van der Waals surface area contributed by atoms with E-state index in [9.17, 15) is 17.6 Å². The van der Waals surface area contributed by atoms with Gasteiger partial charge in [-0.25, -0.2) is 17.6 Å². The molecule has 0 aliphatic rings. The monoisotopic (exact) mass is 440 g/mol. The Bertz CT molecular complexity index is 1260. The minimum atomic E-state index is -0.620. The molecule has 0 saturated heterocycles. The average Bonchev–Trinajstić information content (AvgIpc) is 2.78. The lowest BCUT2D eigenvalue weighted by Crippen LogP contribution is -1.84. The lowest BCUT2D eigenvalue weighted by Gasteiger charge is -2.02. The SMILES string of the molecule is Fc1cc(F)cc(-c2ccc(C#CCC#Cc3ccc(-c4cc(F)cc(F)c4)cc3)cc2)c1. The molecule has 0 N–H and O–H groups in total. The standard InChI is InChI=1S/C29H16F4/c30-26-14-24(15-27(31)18-26)22-10-6-20(7-11-22)4-2-1-3-5-21-8-12-23(13-9-21)25-16-28(32)19-29(33)17-25/h6-19H,1H2. The summed E-state index contributed by atoms with van der Waals surface area (Å²) in [5.41, 5.74) is 3.86. The number of hydrogen-bond donors (Lipinski definition) is 0. The number of rotatable bonds is 2. The summed E-state index contributed by atoms with van der Waals surface area (Å²) < 4.78 is 53.5. The summed E-state index contributed by atoms with van der Waals surface area (Å²) in [4.78, 5) is 0. The van der Waals surface area contributed by atoms with Crippen molar-refractivity contribution in [3.63, 3.8) is 0 Å². The summed E-state index contributed by atoms with van der Waals surface area (Å²) in [6, 6.07) is 21.0. The first kappa shape index (κ1) is 21.9. The normalized spacial score (nSPS) is 10.1. The zero-order chi connectivity index (χ0) is 23.2. The molecule has 0 spiro atoms. The van der Waals surface area contributed by atoms with Crippen LogP contribution in [0.3, 0.4) is 0 Å². The molecule has 0 fully saturated rings. The Labute approximate surface area is 189 Å². The van der Waals surface area contributed by atoms with Crippen molar-refractivity contribution in [2.45, 2.75) is 6.42 Å². The van der Waals surface area contributed by atoms with Gasteiger partial charge in [-0.15, -0.1) is 0 Å². The van der Waals surface area contributed by atoms with E-state index in [2.05, 4.69) is 23.7 Å². The summed E-state index contributed by atoms with van der Waals surface area (Å²) in [5, 5.41) is 0. The third kappa shape index (κ3) is 5.91. The molecule has 0 heterocycles. The molecule has 4 heteroatoms. The first-order valence-corrected chi connectivity index (χ1v) is 10.1. The molecule has 0 unspecified atom stereocenters. The molecule has 0 aromatic heterocycles. The van der Waals surface area contributed by atoms with Gasteiger partial charge in [0.25, 0.3) is 0 Å². The van der Waals surface area contributed by atoms with Gasteiger partial charge in [-0.05, 0) is 70.8 Å². The van der Waals surface area contributed by atoms with Crippen LogP contribution in [-0.4, -0.2) is 0 Å². The summed E-state index contributed by atoms with van der Waals surface area (Å²) in [6.45, 7) is 0. The fourth-order valence-corrected chi connectivity index (χ4v) is 3.27. The van der Waals surface area contributed by atoms with E-state index in [0.29, 0.717) is 28.7 Å². The first-order chi connectivity index (χ1) is 16.0. The minimum Gasteiger partial charge on any atom is -0.207 e. The summed E-state index contributed by atoms with van der Waals surface area (Å²) >= 11 is 0. The van der Waals surface area contributed by atoms with Gasteiger partial charge < -0.3 is 0 Å². The van der Waals surface area contributed by atoms with Crippen molar-refractivity contribution < 1.29 is 17.6 Å². The van der Waals surface area contributed by atoms with Crippen molar-refractivity contribution in [3.05, 3.63) is 119 Å². The Morgan fingerprint density at radius 2 is 0.758 bits per heavy atom. The highest BCUT2D eigenvalue weighted by Gasteiger charge is 2.04. The van der Waals surface area contributed by atoms with E-state index in [1.54, 1.807) is 48.5 Å². The molecular weight excluding hydrogens is 424 g/mol. The van der Waals surface area contributed by atoms with E-state index in [1.165, 1.54) is 24.3 Å². The molecule has 0 amide bonds. The maximum Gasteiger partial charge on any atom is 0.126 e. The van der Waals surface area contributed by atoms with Crippen molar-refractivity contribution in [3.8, 4) is 45.9 Å². The van der Waals surface area contributed by atoms with Crippen molar-refractivity contribution in [1.29, 1.82) is 0 Å². The summed E-state index contributed by atoms with van der Waals surface area (Å²) in [5.74, 6) is 9.47. The number of hydrogen-bond acceptors (Lipinski definition) is 0. The van der Waals surface area contributed by atoms with Crippen LogP contribution in [0.15, 0.2) is 84.9 Å². The first-order valence-electron chi connectivity index (χ1n) is 10.1. The fraction of sp³-hybridized carbons (Fsp3) is 0.0345. The van der Waals surface area contributed by atoms with Gasteiger partial charge >= 0.3 is 0 Å². The quantitative estimate of drug-likeness (QED) is 0.226. The van der Waals surface area contributed by atoms with Crippen LogP contribution in [0.1, 0.15) is 17.5 Å². The molecule has 0 nitrogen and oxygen atoms in total. The molecular formula is C29H16F4. The second-order valence-electron chi connectivity index (χ2n) is 7.25. The third-order valence-corrected chi connectivity index (χ3v) is 4.80. The van der Waals surface area contributed by atoms with Crippen molar-refractivity contribution in [1.82, 2.24) is 0 Å². The van der Waals surface area contributed by atoms with Crippen LogP contribution < -0.4 is 0 Å². The molecule has 4 rings (SSSR count). The van der Waals surface area contributed by atoms with Crippen LogP contribution in [0.4, 0.5) is 17.6 Å². The van der Waals surface area contributed by atoms with Crippen LogP contribution in [0.5, 0.6) is 0 Å². The lowest BCUT2D eigenvalue weighted by atomic mass is 10.0. The number of halogens is 4. The van der Waals surface area contributed by atoms with Gasteiger partial charge in [0, 0.05) is 23.3 Å². The maximum absolute atomic E-state index is 13.4. The van der Waals surface area contributed by atoms with E-state index < -0.39 is 23.3 Å². The fourth-order valence-electron chi connectivity index (χ4n) is 3.27. The van der Waals surface area contributed by atoms with Gasteiger partial charge in [-0.2, -0.15) is 0 Å². The molecule has 0 atom stereocenters. The summed E-state index contributed by atoms with van der Waals surface area (Å²) in [7, 11) is 0. The molecule has 0 aliphatic heterocycles. The molecule has 4 aromatic rings. The Kier molecular flexibility index (Phi) is 6.58. The third-order valence-electron chi connectivity index (χ3n) is 4.80. The van der Waals surface area contributed by atoms with Gasteiger partial charge in [-0.3, -0.25) is 0 Å². The Hall–Kier alpha value is -4.28. The van der Waals surface area contributed by atoms with Gasteiger partial charge in [-0.1, -0.05) is 47.9 Å². The average molecular weight is 440 g/mol. The molecule has 0 radical (unpaired) electrons. The molecule has 0 bridgehead atoms. The Morgan fingerprint density at radius 3 is 1.09 bits per heavy atom. The van der Waals surface area contributed by atoms with Crippen molar-refractivity contribution in [2.75, 3.05) is 0 Å². The van der Waals surface area contributed by atoms with Gasteiger partial charge in [0.1, 0.15) is 23.3 Å². The van der Waals surface area contributed by atoms with Crippen LogP contribution in [-0.2, 0) is 0 Å². The maximum atomic E-state index is 13.4. The summed E-state index contributed by atoms with van der Waals surface area (Å²) in [6.07, 6.45) is 0.355. The van der Waals surface area contributed by atoms with Gasteiger partial charge in [0.2, 0.25) is 0 Å². The highest BCUT2D eigenvalue weighted by atomic mass is 19.1. The van der Waals surface area contributed by atoms with E-state index in [4.69, 9.17) is 0 Å². The zero-order valence-corrected chi connectivity index (χ0v) is 17.3. The second-order valence-corrected chi connectivity index (χ2v) is 7.25. The van der Waals surface area contributed by atoms with Crippen LogP contribution >= 0.6 is 0 Å². The second kappa shape index (κ2) is 9.90. The van der Waals surface area contributed by atoms with E-state index in [1.807, 2.05) is 0 Å². The highest BCUT2D eigenvalue weighted by Crippen LogP contribution is 2.23. The van der Waals surface area contributed by atoms with E-state index in [0.717, 1.165) is 23.3 Å². The predicted molar refractivity (Wildman–Crippen MR) is 122 cm³/mol. The molecule has 0 saturated carbocycles. The largest absolute Gasteiger partial charge is 0.207 e.